The average Bonchev–Trinajstić information content (AvgIpc) is 2.46. The monoisotopic (exact) mass is 257 g/mol. The SMILES string of the molecule is CNC(=O)C1CCCCN1c1c(C)cccc1C#N. The first-order valence-electron chi connectivity index (χ1n) is 6.67. The van der Waals surface area contributed by atoms with Gasteiger partial charge < -0.3 is 10.2 Å². The zero-order valence-corrected chi connectivity index (χ0v) is 11.4. The first-order chi connectivity index (χ1) is 9.19. The number of para-hydroxylation sites is 1. The van der Waals surface area contributed by atoms with E-state index in [-0.39, 0.29) is 11.9 Å². The molecule has 1 aliphatic heterocycles. The van der Waals surface area contributed by atoms with Gasteiger partial charge in [-0.05, 0) is 37.8 Å². The summed E-state index contributed by atoms with van der Waals surface area (Å²) in [5.41, 5.74) is 2.61. The molecule has 1 aromatic carbocycles. The van der Waals surface area contributed by atoms with Crippen molar-refractivity contribution in [2.24, 2.45) is 0 Å². The van der Waals surface area contributed by atoms with Crippen molar-refractivity contribution in [2.75, 3.05) is 18.5 Å². The molecule has 100 valence electrons. The smallest absolute Gasteiger partial charge is 0.242 e. The molecule has 0 radical (unpaired) electrons. The molecule has 1 fully saturated rings. The van der Waals surface area contributed by atoms with Gasteiger partial charge in [-0.25, -0.2) is 0 Å². The highest BCUT2D eigenvalue weighted by molar-refractivity contribution is 5.86. The predicted molar refractivity (Wildman–Crippen MR) is 74.9 cm³/mol. The Bertz CT molecular complexity index is 519. The number of carbonyl (C=O) groups is 1. The summed E-state index contributed by atoms with van der Waals surface area (Å²) >= 11 is 0. The Kier molecular flexibility index (Phi) is 4.06. The van der Waals surface area contributed by atoms with Gasteiger partial charge >= 0.3 is 0 Å². The van der Waals surface area contributed by atoms with E-state index in [1.807, 2.05) is 25.1 Å². The molecule has 0 saturated carbocycles. The Labute approximate surface area is 114 Å². The minimum absolute atomic E-state index is 0.0341. The summed E-state index contributed by atoms with van der Waals surface area (Å²) in [7, 11) is 1.66. The van der Waals surface area contributed by atoms with Crippen molar-refractivity contribution in [3.8, 4) is 6.07 Å². The highest BCUT2D eigenvalue weighted by atomic mass is 16.2. The van der Waals surface area contributed by atoms with E-state index in [0.29, 0.717) is 5.56 Å². The fraction of sp³-hybridized carbons (Fsp3) is 0.467. The molecule has 0 aromatic heterocycles. The first kappa shape index (κ1) is 13.4. The number of hydrogen-bond acceptors (Lipinski definition) is 3. The molecule has 4 heteroatoms. The third kappa shape index (κ3) is 2.55. The fourth-order valence-electron chi connectivity index (χ4n) is 2.77. The lowest BCUT2D eigenvalue weighted by Gasteiger charge is -2.37. The van der Waals surface area contributed by atoms with Crippen molar-refractivity contribution in [3.63, 3.8) is 0 Å². The molecule has 0 spiro atoms. The Balaban J connectivity index is 2.43. The van der Waals surface area contributed by atoms with Crippen LogP contribution in [0.1, 0.15) is 30.4 Å². The first-order valence-corrected chi connectivity index (χ1v) is 6.67. The summed E-state index contributed by atoms with van der Waals surface area (Å²) in [6.07, 6.45) is 2.97. The van der Waals surface area contributed by atoms with Crippen molar-refractivity contribution in [1.82, 2.24) is 5.32 Å². The lowest BCUT2D eigenvalue weighted by Crippen LogP contribution is -2.49. The van der Waals surface area contributed by atoms with Crippen LogP contribution in [0.5, 0.6) is 0 Å². The van der Waals surface area contributed by atoms with Gasteiger partial charge in [-0.3, -0.25) is 4.79 Å². The largest absolute Gasteiger partial charge is 0.358 e. The minimum Gasteiger partial charge on any atom is -0.358 e. The minimum atomic E-state index is -0.160. The summed E-state index contributed by atoms with van der Waals surface area (Å²) < 4.78 is 0. The quantitative estimate of drug-likeness (QED) is 0.881. The molecular weight excluding hydrogens is 238 g/mol. The topological polar surface area (TPSA) is 56.1 Å². The summed E-state index contributed by atoms with van der Waals surface area (Å²) in [5.74, 6) is 0.0341. The van der Waals surface area contributed by atoms with Crippen LogP contribution in [0.4, 0.5) is 5.69 Å². The second-order valence-corrected chi connectivity index (χ2v) is 4.90. The summed E-state index contributed by atoms with van der Waals surface area (Å²) in [6.45, 7) is 2.82. The molecule has 2 rings (SSSR count). The normalized spacial score (nSPS) is 18.8. The van der Waals surface area contributed by atoms with Crippen LogP contribution >= 0.6 is 0 Å². The van der Waals surface area contributed by atoms with Crippen LogP contribution in [0.25, 0.3) is 0 Å². The number of nitriles is 1. The molecule has 4 nitrogen and oxygen atoms in total. The predicted octanol–water partition coefficient (Wildman–Crippen LogP) is 1.97. The van der Waals surface area contributed by atoms with Gasteiger partial charge in [-0.15, -0.1) is 0 Å². The molecule has 1 heterocycles. The van der Waals surface area contributed by atoms with E-state index in [0.717, 1.165) is 37.1 Å². The van der Waals surface area contributed by atoms with Crippen LogP contribution in [0, 0.1) is 18.3 Å². The van der Waals surface area contributed by atoms with E-state index >= 15 is 0 Å². The number of anilines is 1. The van der Waals surface area contributed by atoms with Crippen molar-refractivity contribution in [1.29, 1.82) is 5.26 Å². The molecule has 1 amide bonds. The highest BCUT2D eigenvalue weighted by Gasteiger charge is 2.30. The molecule has 1 unspecified atom stereocenters. The van der Waals surface area contributed by atoms with Gasteiger partial charge in [0.05, 0.1) is 11.3 Å². The zero-order chi connectivity index (χ0) is 13.8. The zero-order valence-electron chi connectivity index (χ0n) is 11.4. The van der Waals surface area contributed by atoms with Crippen molar-refractivity contribution < 1.29 is 4.79 Å². The van der Waals surface area contributed by atoms with Gasteiger partial charge in [-0.2, -0.15) is 5.26 Å². The van der Waals surface area contributed by atoms with E-state index in [1.165, 1.54) is 0 Å². The maximum atomic E-state index is 12.0. The summed E-state index contributed by atoms with van der Waals surface area (Å²) in [6, 6.07) is 7.77. The lowest BCUT2D eigenvalue weighted by atomic mass is 9.97. The van der Waals surface area contributed by atoms with Gasteiger partial charge in [0, 0.05) is 13.6 Å². The molecule has 1 aliphatic rings. The number of carbonyl (C=O) groups excluding carboxylic acids is 1. The Morgan fingerprint density at radius 1 is 1.47 bits per heavy atom. The Morgan fingerprint density at radius 2 is 2.26 bits per heavy atom. The van der Waals surface area contributed by atoms with Crippen LogP contribution < -0.4 is 10.2 Å². The van der Waals surface area contributed by atoms with Gasteiger partial charge in [0.1, 0.15) is 12.1 Å². The second kappa shape index (κ2) is 5.75. The van der Waals surface area contributed by atoms with Gasteiger partial charge in [-0.1, -0.05) is 12.1 Å². The number of nitrogens with one attached hydrogen (secondary N) is 1. The number of hydrogen-bond donors (Lipinski definition) is 1. The molecular formula is C15H19N3O. The van der Waals surface area contributed by atoms with Gasteiger partial charge in [0.2, 0.25) is 5.91 Å². The lowest BCUT2D eigenvalue weighted by molar-refractivity contribution is -0.122. The molecule has 0 bridgehead atoms. The molecule has 0 aliphatic carbocycles. The number of likely N-dealkylation sites (N-methyl/N-ethyl adjacent to an activating group) is 1. The number of benzene rings is 1. The third-order valence-corrected chi connectivity index (χ3v) is 3.70. The van der Waals surface area contributed by atoms with Crippen molar-refractivity contribution in [2.45, 2.75) is 32.2 Å². The second-order valence-electron chi connectivity index (χ2n) is 4.90. The van der Waals surface area contributed by atoms with Crippen LogP contribution in [0.3, 0.4) is 0 Å². The summed E-state index contributed by atoms with van der Waals surface area (Å²) in [5, 5.41) is 12.0. The number of nitrogens with zero attached hydrogens (tertiary/aromatic N) is 2. The molecule has 1 atom stereocenters. The van der Waals surface area contributed by atoms with E-state index in [2.05, 4.69) is 16.3 Å². The van der Waals surface area contributed by atoms with Crippen LogP contribution in [0.2, 0.25) is 0 Å². The Hall–Kier alpha value is -2.02. The molecule has 1 N–H and O–H groups in total. The molecule has 1 aromatic rings. The Morgan fingerprint density at radius 3 is 2.95 bits per heavy atom. The third-order valence-electron chi connectivity index (χ3n) is 3.70. The van der Waals surface area contributed by atoms with Crippen LogP contribution in [0.15, 0.2) is 18.2 Å². The molecule has 1 saturated heterocycles. The number of rotatable bonds is 2. The maximum Gasteiger partial charge on any atom is 0.242 e. The van der Waals surface area contributed by atoms with Crippen molar-refractivity contribution in [3.05, 3.63) is 29.3 Å². The highest BCUT2D eigenvalue weighted by Crippen LogP contribution is 2.30. The van der Waals surface area contributed by atoms with Crippen molar-refractivity contribution >= 4 is 11.6 Å². The number of amides is 1. The van der Waals surface area contributed by atoms with E-state index in [4.69, 9.17) is 0 Å². The van der Waals surface area contributed by atoms with E-state index in [9.17, 15) is 10.1 Å². The maximum absolute atomic E-state index is 12.0. The van der Waals surface area contributed by atoms with Gasteiger partial charge in [0.25, 0.3) is 0 Å². The summed E-state index contributed by atoms with van der Waals surface area (Å²) in [4.78, 5) is 14.1. The number of piperidine rings is 1. The van der Waals surface area contributed by atoms with E-state index in [1.54, 1.807) is 7.05 Å². The fourth-order valence-corrected chi connectivity index (χ4v) is 2.77. The number of aryl methyl sites for hydroxylation is 1. The molecule has 19 heavy (non-hydrogen) atoms. The van der Waals surface area contributed by atoms with Gasteiger partial charge in [0.15, 0.2) is 0 Å². The van der Waals surface area contributed by atoms with Crippen LogP contribution in [-0.4, -0.2) is 25.5 Å². The van der Waals surface area contributed by atoms with Crippen LogP contribution in [-0.2, 0) is 4.79 Å². The van der Waals surface area contributed by atoms with E-state index < -0.39 is 0 Å². The average molecular weight is 257 g/mol. The standard InChI is InChI=1S/C15H19N3O/c1-11-6-5-7-12(10-16)14(11)18-9-4-3-8-13(18)15(19)17-2/h5-7,13H,3-4,8-9H2,1-2H3,(H,17,19).